The lowest BCUT2D eigenvalue weighted by Crippen LogP contribution is -2.23. The van der Waals surface area contributed by atoms with Crippen LogP contribution in [-0.4, -0.2) is 38.8 Å². The maximum atomic E-state index is 13.8. The van der Waals surface area contributed by atoms with Crippen LogP contribution in [0.4, 0.5) is 24.5 Å². The normalized spacial score (nSPS) is 11.3. The quantitative estimate of drug-likeness (QED) is 0.232. The van der Waals surface area contributed by atoms with E-state index in [1.54, 1.807) is 13.8 Å². The minimum Gasteiger partial charge on any atom is -0.465 e. The van der Waals surface area contributed by atoms with Crippen LogP contribution in [0.15, 0.2) is 66.1 Å². The van der Waals surface area contributed by atoms with Gasteiger partial charge in [-0.05, 0) is 55.8 Å². The predicted molar refractivity (Wildman–Crippen MR) is 149 cm³/mol. The molecule has 4 aromatic rings. The van der Waals surface area contributed by atoms with E-state index in [1.165, 1.54) is 40.5 Å². The smallest absolute Gasteiger partial charge is 0.416 e. The third kappa shape index (κ3) is 5.94. The first-order chi connectivity index (χ1) is 19.9. The molecule has 0 unspecified atom stereocenters. The SMILES string of the molecule is C=CC(=O)Nc1cc(C(=O)OC)ccc1-c1c(CC)nc2n(CC(=O)Nc3ccc(C(F)(F)F)cc3)c(C)cn2c1=O. The summed E-state index contributed by atoms with van der Waals surface area (Å²) in [5, 5.41) is 5.17. The van der Waals surface area contributed by atoms with E-state index in [9.17, 15) is 32.3 Å². The van der Waals surface area contributed by atoms with Crippen molar-refractivity contribution in [1.82, 2.24) is 14.0 Å². The molecule has 0 saturated carbocycles. The Morgan fingerprint density at radius 2 is 1.79 bits per heavy atom. The van der Waals surface area contributed by atoms with Crippen LogP contribution >= 0.6 is 0 Å². The van der Waals surface area contributed by atoms with Gasteiger partial charge in [-0.1, -0.05) is 19.6 Å². The standard InChI is InChI=1S/C29H26F3N5O5/c1-5-21-25(20-12-7-17(27(41)42-4)13-22(20)34-23(38)6-2)26(40)37-14-16(3)36(28(37)35-21)15-24(39)33-19-10-8-18(9-11-19)29(30,31)32/h6-14H,2,5,15H2,1,3-4H3,(H,33,39)(H,34,38). The fourth-order valence-electron chi connectivity index (χ4n) is 4.39. The number of hydrogen-bond acceptors (Lipinski definition) is 6. The highest BCUT2D eigenvalue weighted by Gasteiger charge is 2.30. The fourth-order valence-corrected chi connectivity index (χ4v) is 4.39. The van der Waals surface area contributed by atoms with Crippen molar-refractivity contribution in [1.29, 1.82) is 0 Å². The van der Waals surface area contributed by atoms with E-state index in [-0.39, 0.29) is 34.8 Å². The van der Waals surface area contributed by atoms with Crippen LogP contribution in [0, 0.1) is 6.92 Å². The number of aryl methyl sites for hydroxylation is 2. The molecule has 0 bridgehead atoms. The Hall–Kier alpha value is -5.20. The van der Waals surface area contributed by atoms with Crippen molar-refractivity contribution in [3.8, 4) is 11.1 Å². The monoisotopic (exact) mass is 581 g/mol. The lowest BCUT2D eigenvalue weighted by atomic mass is 9.99. The number of imidazole rings is 1. The zero-order valence-electron chi connectivity index (χ0n) is 22.8. The van der Waals surface area contributed by atoms with Crippen molar-refractivity contribution in [2.45, 2.75) is 33.0 Å². The van der Waals surface area contributed by atoms with Gasteiger partial charge in [0.15, 0.2) is 0 Å². The summed E-state index contributed by atoms with van der Waals surface area (Å²) in [5.41, 5.74) is 0.535. The molecule has 0 aliphatic heterocycles. The molecule has 2 amide bonds. The number of rotatable bonds is 8. The van der Waals surface area contributed by atoms with E-state index >= 15 is 0 Å². The Labute approximate surface area is 237 Å². The molecule has 0 radical (unpaired) electrons. The summed E-state index contributed by atoms with van der Waals surface area (Å²) in [6, 6.07) is 8.39. The Bertz CT molecular complexity index is 1770. The number of anilines is 2. The first kappa shape index (κ1) is 29.8. The van der Waals surface area contributed by atoms with Crippen LogP contribution < -0.4 is 16.2 Å². The van der Waals surface area contributed by atoms with Crippen LogP contribution in [-0.2, 0) is 33.5 Å². The molecule has 0 atom stereocenters. The second kappa shape index (κ2) is 11.7. The molecule has 10 nitrogen and oxygen atoms in total. The number of nitrogens with zero attached hydrogens (tertiary/aromatic N) is 3. The molecule has 0 spiro atoms. The summed E-state index contributed by atoms with van der Waals surface area (Å²) in [7, 11) is 1.22. The van der Waals surface area contributed by atoms with Crippen molar-refractivity contribution in [3.63, 3.8) is 0 Å². The average Bonchev–Trinajstić information content (AvgIpc) is 3.27. The van der Waals surface area contributed by atoms with Crippen LogP contribution in [0.3, 0.4) is 0 Å². The highest BCUT2D eigenvalue weighted by Crippen LogP contribution is 2.31. The summed E-state index contributed by atoms with van der Waals surface area (Å²) >= 11 is 0. The van der Waals surface area contributed by atoms with Gasteiger partial charge in [0.05, 0.1) is 29.5 Å². The zero-order valence-corrected chi connectivity index (χ0v) is 22.8. The lowest BCUT2D eigenvalue weighted by Gasteiger charge is -2.15. The third-order valence-electron chi connectivity index (χ3n) is 6.44. The number of amides is 2. The number of esters is 1. The van der Waals surface area contributed by atoms with Gasteiger partial charge in [-0.15, -0.1) is 0 Å². The van der Waals surface area contributed by atoms with Crippen LogP contribution in [0.1, 0.15) is 34.2 Å². The summed E-state index contributed by atoms with van der Waals surface area (Å²) in [4.78, 5) is 55.6. The number of carbonyl (C=O) groups excluding carboxylic acids is 3. The van der Waals surface area contributed by atoms with E-state index in [2.05, 4.69) is 22.2 Å². The topological polar surface area (TPSA) is 124 Å². The van der Waals surface area contributed by atoms with Gasteiger partial charge in [0, 0.05) is 28.8 Å². The Morgan fingerprint density at radius 1 is 1.10 bits per heavy atom. The Morgan fingerprint density at radius 3 is 2.38 bits per heavy atom. The zero-order chi connectivity index (χ0) is 30.8. The maximum absolute atomic E-state index is 13.8. The number of alkyl halides is 3. The molecule has 2 aromatic carbocycles. The minimum atomic E-state index is -4.50. The van der Waals surface area contributed by atoms with Crippen molar-refractivity contribution < 1.29 is 32.3 Å². The Kier molecular flexibility index (Phi) is 8.31. The molecular formula is C29H26F3N5O5. The highest BCUT2D eigenvalue weighted by atomic mass is 19.4. The third-order valence-corrected chi connectivity index (χ3v) is 6.44. The molecule has 13 heteroatoms. The van der Waals surface area contributed by atoms with E-state index in [1.807, 2.05) is 0 Å². The number of carbonyl (C=O) groups is 3. The van der Waals surface area contributed by atoms with Crippen LogP contribution in [0.5, 0.6) is 0 Å². The lowest BCUT2D eigenvalue weighted by molar-refractivity contribution is -0.137. The van der Waals surface area contributed by atoms with Gasteiger partial charge in [0.1, 0.15) is 6.54 Å². The van der Waals surface area contributed by atoms with E-state index in [0.717, 1.165) is 30.3 Å². The van der Waals surface area contributed by atoms with Crippen molar-refractivity contribution in [2.75, 3.05) is 17.7 Å². The van der Waals surface area contributed by atoms with Crippen molar-refractivity contribution in [2.24, 2.45) is 0 Å². The van der Waals surface area contributed by atoms with Gasteiger partial charge < -0.3 is 19.9 Å². The van der Waals surface area contributed by atoms with Gasteiger partial charge in [-0.25, -0.2) is 9.78 Å². The highest BCUT2D eigenvalue weighted by molar-refractivity contribution is 6.03. The summed E-state index contributed by atoms with van der Waals surface area (Å²) < 4.78 is 46.1. The molecule has 4 rings (SSSR count). The number of aromatic nitrogens is 3. The minimum absolute atomic E-state index is 0.147. The van der Waals surface area contributed by atoms with E-state index < -0.39 is 35.1 Å². The van der Waals surface area contributed by atoms with Crippen LogP contribution in [0.2, 0.25) is 0 Å². The van der Waals surface area contributed by atoms with Crippen molar-refractivity contribution >= 4 is 34.9 Å². The van der Waals surface area contributed by atoms with E-state index in [0.29, 0.717) is 23.4 Å². The molecule has 2 N–H and O–H groups in total. The maximum Gasteiger partial charge on any atom is 0.416 e. The van der Waals surface area contributed by atoms with Gasteiger partial charge in [0.25, 0.3) is 5.56 Å². The Balaban J connectivity index is 1.75. The summed E-state index contributed by atoms with van der Waals surface area (Å²) in [6.07, 6.45) is -1.65. The molecule has 0 aliphatic carbocycles. The second-order valence-electron chi connectivity index (χ2n) is 9.19. The van der Waals surface area contributed by atoms with Crippen LogP contribution in [0.25, 0.3) is 16.9 Å². The summed E-state index contributed by atoms with van der Waals surface area (Å²) in [6.45, 7) is 6.62. The largest absolute Gasteiger partial charge is 0.465 e. The first-order valence-corrected chi connectivity index (χ1v) is 12.6. The van der Waals surface area contributed by atoms with Gasteiger partial charge in [0.2, 0.25) is 17.6 Å². The molecule has 2 heterocycles. The number of benzene rings is 2. The molecule has 0 saturated heterocycles. The molecule has 2 aromatic heterocycles. The number of nitrogens with one attached hydrogen (secondary N) is 2. The van der Waals surface area contributed by atoms with E-state index in [4.69, 9.17) is 4.74 Å². The van der Waals surface area contributed by atoms with Gasteiger partial charge in [-0.3, -0.25) is 18.8 Å². The predicted octanol–water partition coefficient (Wildman–Crippen LogP) is 4.60. The second-order valence-corrected chi connectivity index (χ2v) is 9.19. The molecule has 0 fully saturated rings. The molecular weight excluding hydrogens is 555 g/mol. The molecule has 42 heavy (non-hydrogen) atoms. The molecule has 0 aliphatic rings. The number of methoxy groups -OCH3 is 1. The van der Waals surface area contributed by atoms with Gasteiger partial charge in [-0.2, -0.15) is 13.2 Å². The number of fused-ring (bicyclic) bond motifs is 1. The fraction of sp³-hybridized carbons (Fsp3) is 0.207. The summed E-state index contributed by atoms with van der Waals surface area (Å²) in [5.74, 6) is -1.57. The first-order valence-electron chi connectivity index (χ1n) is 12.6. The van der Waals surface area contributed by atoms with Crippen molar-refractivity contribution in [3.05, 3.63) is 94.2 Å². The number of hydrogen-bond donors (Lipinski definition) is 2. The average molecular weight is 582 g/mol. The number of ether oxygens (including phenoxy) is 1. The number of halogens is 3. The van der Waals surface area contributed by atoms with Gasteiger partial charge >= 0.3 is 12.1 Å². The molecule has 218 valence electrons.